The molecule has 1 aromatic rings. The summed E-state index contributed by atoms with van der Waals surface area (Å²) in [5, 5.41) is 3.61. The molecule has 4 bridgehead atoms. The van der Waals surface area contributed by atoms with Gasteiger partial charge in [-0.25, -0.2) is 0 Å². The number of aromatic nitrogens is 3. The molecule has 4 fully saturated rings. The van der Waals surface area contributed by atoms with Gasteiger partial charge in [0.15, 0.2) is 5.82 Å². The standard InChI is InChI=1S/C15H21N5/c1-2-12-17-13(16)19-14(18-12)20-15-6-9-3-10(7-15)5-11(4-9)8-15/h2,9-11H,1,3-8H2,(H3,16,17,18,19,20). The van der Waals surface area contributed by atoms with Gasteiger partial charge >= 0.3 is 0 Å². The highest BCUT2D eigenvalue weighted by Gasteiger charge is 2.51. The average Bonchev–Trinajstić information content (AvgIpc) is 2.35. The molecule has 5 heteroatoms. The molecule has 3 N–H and O–H groups in total. The molecule has 5 rings (SSSR count). The lowest BCUT2D eigenvalue weighted by Gasteiger charge is -2.56. The van der Waals surface area contributed by atoms with Crippen molar-refractivity contribution in [1.29, 1.82) is 0 Å². The maximum absolute atomic E-state index is 5.75. The first-order valence-corrected chi connectivity index (χ1v) is 7.56. The third-order valence-corrected chi connectivity index (χ3v) is 5.27. The molecule has 0 spiro atoms. The van der Waals surface area contributed by atoms with Crippen molar-refractivity contribution in [2.24, 2.45) is 17.8 Å². The fourth-order valence-electron chi connectivity index (χ4n) is 5.06. The number of nitrogens with two attached hydrogens (primary N) is 1. The van der Waals surface area contributed by atoms with Gasteiger partial charge in [-0.05, 0) is 62.4 Å². The number of anilines is 2. The van der Waals surface area contributed by atoms with Crippen molar-refractivity contribution in [2.75, 3.05) is 11.1 Å². The second-order valence-corrected chi connectivity index (χ2v) is 6.90. The number of nitrogens with zero attached hydrogens (tertiary/aromatic N) is 3. The van der Waals surface area contributed by atoms with Crippen molar-refractivity contribution in [1.82, 2.24) is 15.0 Å². The molecule has 5 nitrogen and oxygen atoms in total. The zero-order valence-electron chi connectivity index (χ0n) is 11.7. The van der Waals surface area contributed by atoms with Crippen LogP contribution < -0.4 is 11.1 Å². The summed E-state index contributed by atoms with van der Waals surface area (Å²) < 4.78 is 0. The summed E-state index contributed by atoms with van der Waals surface area (Å²) in [5.41, 5.74) is 5.95. The maximum Gasteiger partial charge on any atom is 0.228 e. The summed E-state index contributed by atoms with van der Waals surface area (Å²) in [6.07, 6.45) is 9.67. The Hall–Kier alpha value is -1.65. The largest absolute Gasteiger partial charge is 0.368 e. The Bertz CT molecular complexity index is 518. The van der Waals surface area contributed by atoms with E-state index in [2.05, 4.69) is 26.8 Å². The van der Waals surface area contributed by atoms with Crippen molar-refractivity contribution >= 4 is 18.0 Å². The van der Waals surface area contributed by atoms with Crippen LogP contribution in [0.4, 0.5) is 11.9 Å². The van der Waals surface area contributed by atoms with E-state index in [0.717, 1.165) is 17.8 Å². The van der Waals surface area contributed by atoms with Crippen LogP contribution in [0.1, 0.15) is 44.3 Å². The summed E-state index contributed by atoms with van der Waals surface area (Å²) in [5.74, 6) is 4.12. The summed E-state index contributed by atoms with van der Waals surface area (Å²) in [6, 6.07) is 0. The second kappa shape index (κ2) is 4.17. The van der Waals surface area contributed by atoms with E-state index in [1.807, 2.05) is 0 Å². The molecule has 0 amide bonds. The van der Waals surface area contributed by atoms with Crippen LogP contribution in [0.5, 0.6) is 0 Å². The first-order valence-electron chi connectivity index (χ1n) is 7.56. The molecule has 0 saturated heterocycles. The molecule has 4 saturated carbocycles. The van der Waals surface area contributed by atoms with Gasteiger partial charge in [0.25, 0.3) is 0 Å². The Balaban J connectivity index is 1.62. The van der Waals surface area contributed by atoms with E-state index in [4.69, 9.17) is 5.73 Å². The Morgan fingerprint density at radius 3 is 2.20 bits per heavy atom. The Morgan fingerprint density at radius 2 is 1.65 bits per heavy atom. The summed E-state index contributed by atoms with van der Waals surface area (Å²) in [4.78, 5) is 12.7. The van der Waals surface area contributed by atoms with Gasteiger partial charge < -0.3 is 11.1 Å². The van der Waals surface area contributed by atoms with Gasteiger partial charge in [0.1, 0.15) is 0 Å². The van der Waals surface area contributed by atoms with E-state index in [9.17, 15) is 0 Å². The molecular formula is C15H21N5. The van der Waals surface area contributed by atoms with Crippen LogP contribution in [-0.2, 0) is 0 Å². The van der Waals surface area contributed by atoms with Crippen LogP contribution in [-0.4, -0.2) is 20.5 Å². The van der Waals surface area contributed by atoms with Crippen LogP contribution >= 0.6 is 0 Å². The molecular weight excluding hydrogens is 250 g/mol. The van der Waals surface area contributed by atoms with Crippen molar-refractivity contribution in [3.05, 3.63) is 12.4 Å². The fraction of sp³-hybridized carbons (Fsp3) is 0.667. The van der Waals surface area contributed by atoms with E-state index in [1.165, 1.54) is 38.5 Å². The molecule has 0 radical (unpaired) electrons. The van der Waals surface area contributed by atoms with Gasteiger partial charge in [0, 0.05) is 5.54 Å². The predicted molar refractivity (Wildman–Crippen MR) is 78.9 cm³/mol. The van der Waals surface area contributed by atoms with Crippen LogP contribution in [0.2, 0.25) is 0 Å². The molecule has 0 aliphatic heterocycles. The molecule has 1 heterocycles. The minimum atomic E-state index is 0.195. The highest BCUT2D eigenvalue weighted by molar-refractivity contribution is 5.44. The summed E-state index contributed by atoms with van der Waals surface area (Å²) >= 11 is 0. The lowest BCUT2D eigenvalue weighted by Crippen LogP contribution is -2.55. The zero-order valence-corrected chi connectivity index (χ0v) is 11.7. The second-order valence-electron chi connectivity index (χ2n) is 6.90. The first kappa shape index (κ1) is 12.1. The minimum Gasteiger partial charge on any atom is -0.368 e. The van der Waals surface area contributed by atoms with Gasteiger partial charge in [-0.1, -0.05) is 6.58 Å². The maximum atomic E-state index is 5.75. The Labute approximate surface area is 119 Å². The predicted octanol–water partition coefficient (Wildman–Crippen LogP) is 2.48. The Kier molecular flexibility index (Phi) is 2.53. The van der Waals surface area contributed by atoms with Crippen molar-refractivity contribution in [2.45, 2.75) is 44.1 Å². The third-order valence-electron chi connectivity index (χ3n) is 5.27. The number of rotatable bonds is 3. The lowest BCUT2D eigenvalue weighted by molar-refractivity contribution is 0.0103. The highest BCUT2D eigenvalue weighted by atomic mass is 15.2. The summed E-state index contributed by atoms with van der Waals surface area (Å²) in [7, 11) is 0. The highest BCUT2D eigenvalue weighted by Crippen LogP contribution is 2.56. The number of hydrogen-bond donors (Lipinski definition) is 2. The monoisotopic (exact) mass is 271 g/mol. The van der Waals surface area contributed by atoms with E-state index >= 15 is 0 Å². The summed E-state index contributed by atoms with van der Waals surface area (Å²) in [6.45, 7) is 3.70. The smallest absolute Gasteiger partial charge is 0.228 e. The topological polar surface area (TPSA) is 76.7 Å². The van der Waals surface area contributed by atoms with Crippen molar-refractivity contribution in [3.8, 4) is 0 Å². The van der Waals surface area contributed by atoms with Crippen LogP contribution in [0, 0.1) is 17.8 Å². The van der Waals surface area contributed by atoms with E-state index in [-0.39, 0.29) is 11.5 Å². The molecule has 0 aromatic carbocycles. The molecule has 0 unspecified atom stereocenters. The molecule has 1 aromatic heterocycles. The zero-order chi connectivity index (χ0) is 13.7. The van der Waals surface area contributed by atoms with E-state index in [1.54, 1.807) is 6.08 Å². The van der Waals surface area contributed by atoms with Crippen LogP contribution in [0.3, 0.4) is 0 Å². The van der Waals surface area contributed by atoms with Crippen LogP contribution in [0.15, 0.2) is 6.58 Å². The van der Waals surface area contributed by atoms with Crippen LogP contribution in [0.25, 0.3) is 6.08 Å². The fourth-order valence-corrected chi connectivity index (χ4v) is 5.06. The lowest BCUT2D eigenvalue weighted by atomic mass is 9.53. The quantitative estimate of drug-likeness (QED) is 0.883. The normalized spacial score (nSPS) is 37.9. The number of hydrogen-bond acceptors (Lipinski definition) is 5. The third kappa shape index (κ3) is 1.96. The molecule has 106 valence electrons. The first-order chi connectivity index (χ1) is 9.64. The molecule has 4 aliphatic carbocycles. The van der Waals surface area contributed by atoms with Crippen molar-refractivity contribution < 1.29 is 0 Å². The van der Waals surface area contributed by atoms with Gasteiger partial charge in [-0.15, -0.1) is 0 Å². The van der Waals surface area contributed by atoms with E-state index < -0.39 is 0 Å². The molecule has 20 heavy (non-hydrogen) atoms. The van der Waals surface area contributed by atoms with Gasteiger partial charge in [-0.2, -0.15) is 15.0 Å². The van der Waals surface area contributed by atoms with Crippen molar-refractivity contribution in [3.63, 3.8) is 0 Å². The average molecular weight is 271 g/mol. The number of nitrogens with one attached hydrogen (secondary N) is 1. The van der Waals surface area contributed by atoms with E-state index in [0.29, 0.717) is 11.8 Å². The molecule has 4 aliphatic rings. The van der Waals surface area contributed by atoms with Gasteiger partial charge in [0.2, 0.25) is 11.9 Å². The Morgan fingerprint density at radius 1 is 1.05 bits per heavy atom. The minimum absolute atomic E-state index is 0.195. The molecule has 0 atom stereocenters. The van der Waals surface area contributed by atoms with Gasteiger partial charge in [0.05, 0.1) is 0 Å². The number of nitrogen functional groups attached to an aromatic ring is 1. The van der Waals surface area contributed by atoms with Gasteiger partial charge in [-0.3, -0.25) is 0 Å². The SMILES string of the molecule is C=Cc1nc(N)nc(NC23CC4CC(CC(C4)C2)C3)n1.